The fraction of sp³-hybridized carbons (Fsp3) is 0.0588. The molecule has 0 nitrogen and oxygen atoms in total. The van der Waals surface area contributed by atoms with E-state index in [9.17, 15) is 0 Å². The topological polar surface area (TPSA) is 0 Å². The van der Waals surface area contributed by atoms with E-state index >= 15 is 0 Å². The zero-order chi connectivity index (χ0) is 12.4. The summed E-state index contributed by atoms with van der Waals surface area (Å²) in [6, 6.07) is 25.8. The average Bonchev–Trinajstić information content (AvgIpc) is 2.47. The second kappa shape index (κ2) is 4.83. The SMILES string of the molecule is ClC(c1[c]c2ccccc2cc1)c1ccccc1. The summed E-state index contributed by atoms with van der Waals surface area (Å²) in [5, 5.41) is 2.16. The number of fused-ring (bicyclic) bond motifs is 1. The first-order chi connectivity index (χ1) is 8.84. The third-order valence-electron chi connectivity index (χ3n) is 3.05. The van der Waals surface area contributed by atoms with E-state index in [0.717, 1.165) is 16.5 Å². The number of rotatable bonds is 2. The maximum Gasteiger partial charge on any atom is 0.0841 e. The van der Waals surface area contributed by atoms with Gasteiger partial charge in [-0.3, -0.25) is 0 Å². The molecule has 0 fully saturated rings. The maximum absolute atomic E-state index is 6.50. The molecule has 3 aromatic carbocycles. The van der Waals surface area contributed by atoms with Crippen molar-refractivity contribution in [1.82, 2.24) is 0 Å². The van der Waals surface area contributed by atoms with Crippen LogP contribution in [0, 0.1) is 6.07 Å². The van der Waals surface area contributed by atoms with Crippen molar-refractivity contribution >= 4 is 22.4 Å². The molecule has 0 aliphatic carbocycles. The second-order valence-corrected chi connectivity index (χ2v) is 4.71. The van der Waals surface area contributed by atoms with E-state index in [1.54, 1.807) is 0 Å². The number of hydrogen-bond donors (Lipinski definition) is 0. The monoisotopic (exact) mass is 251 g/mol. The first-order valence-corrected chi connectivity index (χ1v) is 6.38. The third-order valence-corrected chi connectivity index (χ3v) is 3.53. The normalized spacial score (nSPS) is 12.5. The lowest BCUT2D eigenvalue weighted by atomic mass is 10.0. The Hall–Kier alpha value is -1.79. The van der Waals surface area contributed by atoms with Crippen molar-refractivity contribution in [2.75, 3.05) is 0 Å². The fourth-order valence-electron chi connectivity index (χ4n) is 2.08. The molecule has 0 saturated heterocycles. The highest BCUT2D eigenvalue weighted by molar-refractivity contribution is 6.22. The van der Waals surface area contributed by atoms with Gasteiger partial charge in [0.05, 0.1) is 5.38 Å². The predicted molar refractivity (Wildman–Crippen MR) is 76.9 cm³/mol. The molecule has 0 N–H and O–H groups in total. The molecule has 1 unspecified atom stereocenters. The largest absolute Gasteiger partial charge is 0.113 e. The first kappa shape index (κ1) is 11.3. The minimum Gasteiger partial charge on any atom is -0.113 e. The van der Waals surface area contributed by atoms with Gasteiger partial charge in [0.2, 0.25) is 0 Å². The Morgan fingerprint density at radius 3 is 2.33 bits per heavy atom. The Labute approximate surface area is 112 Å². The van der Waals surface area contributed by atoms with Gasteiger partial charge in [0, 0.05) is 0 Å². The van der Waals surface area contributed by atoms with Crippen molar-refractivity contribution in [3.63, 3.8) is 0 Å². The van der Waals surface area contributed by atoms with Gasteiger partial charge >= 0.3 is 0 Å². The quantitative estimate of drug-likeness (QED) is 0.564. The highest BCUT2D eigenvalue weighted by Gasteiger charge is 2.10. The van der Waals surface area contributed by atoms with Crippen LogP contribution in [-0.2, 0) is 0 Å². The van der Waals surface area contributed by atoms with Gasteiger partial charge in [-0.15, -0.1) is 11.6 Å². The van der Waals surface area contributed by atoms with Crippen molar-refractivity contribution < 1.29 is 0 Å². The van der Waals surface area contributed by atoms with Crippen LogP contribution < -0.4 is 0 Å². The molecule has 0 heterocycles. The minimum absolute atomic E-state index is 0.143. The van der Waals surface area contributed by atoms with E-state index in [1.807, 2.05) is 48.5 Å². The Morgan fingerprint density at radius 2 is 1.50 bits per heavy atom. The summed E-state index contributed by atoms with van der Waals surface area (Å²) in [4.78, 5) is 0. The van der Waals surface area contributed by atoms with Gasteiger partial charge in [0.15, 0.2) is 0 Å². The van der Waals surface area contributed by atoms with E-state index in [0.29, 0.717) is 0 Å². The predicted octanol–water partition coefficient (Wildman–Crippen LogP) is 4.97. The van der Waals surface area contributed by atoms with Crippen LogP contribution in [0.25, 0.3) is 10.8 Å². The smallest absolute Gasteiger partial charge is 0.0841 e. The second-order valence-electron chi connectivity index (χ2n) is 4.27. The Morgan fingerprint density at radius 1 is 0.778 bits per heavy atom. The molecule has 0 saturated carbocycles. The lowest BCUT2D eigenvalue weighted by Gasteiger charge is -2.10. The maximum atomic E-state index is 6.50. The molecule has 0 bridgehead atoms. The highest BCUT2D eigenvalue weighted by Crippen LogP contribution is 2.30. The molecule has 3 aromatic rings. The standard InChI is InChI=1S/C17H12Cl/c18-17(14-7-2-1-3-8-14)16-11-10-13-6-4-5-9-15(13)12-16/h1-11,17H. The lowest BCUT2D eigenvalue weighted by molar-refractivity contribution is 1.14. The van der Waals surface area contributed by atoms with Gasteiger partial charge in [0.25, 0.3) is 0 Å². The van der Waals surface area contributed by atoms with Crippen molar-refractivity contribution in [2.24, 2.45) is 0 Å². The molecule has 0 aliphatic rings. The third kappa shape index (κ3) is 2.12. The highest BCUT2D eigenvalue weighted by atomic mass is 35.5. The summed E-state index contributed by atoms with van der Waals surface area (Å²) in [6.45, 7) is 0. The minimum atomic E-state index is -0.143. The average molecular weight is 252 g/mol. The molecule has 18 heavy (non-hydrogen) atoms. The van der Waals surface area contributed by atoms with E-state index in [2.05, 4.69) is 24.3 Å². The van der Waals surface area contributed by atoms with Crippen LogP contribution in [0.3, 0.4) is 0 Å². The van der Waals surface area contributed by atoms with Crippen LogP contribution >= 0.6 is 11.6 Å². The molecule has 1 atom stereocenters. The van der Waals surface area contributed by atoms with Crippen LogP contribution in [0.2, 0.25) is 0 Å². The molecule has 1 heteroatoms. The molecule has 0 aliphatic heterocycles. The summed E-state index contributed by atoms with van der Waals surface area (Å²) >= 11 is 6.50. The zero-order valence-electron chi connectivity index (χ0n) is 9.81. The zero-order valence-corrected chi connectivity index (χ0v) is 10.6. The number of halogens is 1. The summed E-state index contributed by atoms with van der Waals surface area (Å²) in [6.07, 6.45) is 0. The Bertz CT molecular complexity index is 659. The number of hydrogen-bond acceptors (Lipinski definition) is 0. The van der Waals surface area contributed by atoms with E-state index in [1.165, 1.54) is 5.39 Å². The van der Waals surface area contributed by atoms with Crippen LogP contribution in [-0.4, -0.2) is 0 Å². The van der Waals surface area contributed by atoms with Gasteiger partial charge in [0.1, 0.15) is 0 Å². The van der Waals surface area contributed by atoms with Gasteiger partial charge in [-0.1, -0.05) is 66.7 Å². The van der Waals surface area contributed by atoms with Crippen molar-refractivity contribution in [3.05, 3.63) is 83.9 Å². The first-order valence-electron chi connectivity index (χ1n) is 5.94. The number of benzene rings is 3. The van der Waals surface area contributed by atoms with Crippen molar-refractivity contribution in [1.29, 1.82) is 0 Å². The summed E-state index contributed by atoms with van der Waals surface area (Å²) in [7, 11) is 0. The van der Waals surface area contributed by atoms with Gasteiger partial charge in [-0.05, 0) is 28.0 Å². The Balaban J connectivity index is 2.04. The summed E-state index contributed by atoms with van der Waals surface area (Å²) in [5.74, 6) is 0. The van der Waals surface area contributed by atoms with E-state index < -0.39 is 0 Å². The molecular formula is C17H12Cl. The molecule has 0 amide bonds. The molecule has 3 rings (SSSR count). The van der Waals surface area contributed by atoms with Gasteiger partial charge in [-0.25, -0.2) is 0 Å². The molecule has 1 radical (unpaired) electrons. The van der Waals surface area contributed by atoms with Crippen molar-refractivity contribution in [2.45, 2.75) is 5.38 Å². The van der Waals surface area contributed by atoms with Crippen molar-refractivity contribution in [3.8, 4) is 0 Å². The van der Waals surface area contributed by atoms with Crippen LogP contribution in [0.1, 0.15) is 16.5 Å². The van der Waals surface area contributed by atoms with E-state index in [4.69, 9.17) is 11.6 Å². The van der Waals surface area contributed by atoms with Gasteiger partial charge in [-0.2, -0.15) is 0 Å². The van der Waals surface area contributed by atoms with Crippen LogP contribution in [0.4, 0.5) is 0 Å². The molecule has 0 spiro atoms. The van der Waals surface area contributed by atoms with Crippen LogP contribution in [0.5, 0.6) is 0 Å². The molecular weight excluding hydrogens is 240 g/mol. The van der Waals surface area contributed by atoms with E-state index in [-0.39, 0.29) is 5.38 Å². The fourth-order valence-corrected chi connectivity index (χ4v) is 2.36. The lowest BCUT2D eigenvalue weighted by Crippen LogP contribution is -1.93. The molecule has 87 valence electrons. The molecule has 0 aromatic heterocycles. The number of alkyl halides is 1. The van der Waals surface area contributed by atoms with Gasteiger partial charge < -0.3 is 0 Å². The Kier molecular flexibility index (Phi) is 3.04. The summed E-state index contributed by atoms with van der Waals surface area (Å²) in [5.41, 5.74) is 2.12. The van der Waals surface area contributed by atoms with Crippen LogP contribution in [0.15, 0.2) is 66.7 Å². The summed E-state index contributed by atoms with van der Waals surface area (Å²) < 4.78 is 0.